The van der Waals surface area contributed by atoms with E-state index in [1.165, 1.54) is 6.07 Å². The molecule has 1 aliphatic rings. The summed E-state index contributed by atoms with van der Waals surface area (Å²) in [4.78, 5) is 11.7. The number of halogens is 2. The van der Waals surface area contributed by atoms with Crippen LogP contribution in [-0.2, 0) is 11.2 Å². The highest BCUT2D eigenvalue weighted by atomic mass is 35.5. The smallest absolute Gasteiger partial charge is 0.408 e. The predicted molar refractivity (Wildman–Crippen MR) is 71.8 cm³/mol. The fourth-order valence-electron chi connectivity index (χ4n) is 2.27. The van der Waals surface area contributed by atoms with Crippen LogP contribution in [0.2, 0.25) is 5.02 Å². The Labute approximate surface area is 117 Å². The molecule has 1 aromatic carbocycles. The monoisotopic (exact) mass is 285 g/mol. The van der Waals surface area contributed by atoms with E-state index < -0.39 is 11.7 Å². The summed E-state index contributed by atoms with van der Waals surface area (Å²) in [5.41, 5.74) is 0.694. The van der Waals surface area contributed by atoms with E-state index in [1.807, 2.05) is 0 Å². The van der Waals surface area contributed by atoms with Crippen LogP contribution in [-0.4, -0.2) is 11.7 Å². The second-order valence-corrected chi connectivity index (χ2v) is 6.07. The third-order valence-corrected chi connectivity index (χ3v) is 3.32. The van der Waals surface area contributed by atoms with Gasteiger partial charge in [0.2, 0.25) is 0 Å². The highest BCUT2D eigenvalue weighted by molar-refractivity contribution is 6.31. The van der Waals surface area contributed by atoms with Gasteiger partial charge >= 0.3 is 6.09 Å². The van der Waals surface area contributed by atoms with E-state index in [9.17, 15) is 9.18 Å². The maximum atomic E-state index is 13.9. The second-order valence-electron chi connectivity index (χ2n) is 5.66. The molecule has 1 N–H and O–H groups in total. The average Bonchev–Trinajstić information content (AvgIpc) is 2.66. The molecular formula is C14H17ClFNO2. The van der Waals surface area contributed by atoms with Crippen LogP contribution >= 0.6 is 11.6 Å². The molecule has 0 fully saturated rings. The maximum Gasteiger partial charge on any atom is 0.408 e. The molecule has 5 heteroatoms. The van der Waals surface area contributed by atoms with E-state index >= 15 is 0 Å². The number of benzene rings is 1. The fraction of sp³-hybridized carbons (Fsp3) is 0.500. The Bertz CT molecular complexity index is 511. The second kappa shape index (κ2) is 5.00. The van der Waals surface area contributed by atoms with Gasteiger partial charge in [-0.2, -0.15) is 0 Å². The van der Waals surface area contributed by atoms with Crippen LogP contribution in [0, 0.1) is 5.82 Å². The van der Waals surface area contributed by atoms with E-state index in [-0.39, 0.29) is 11.9 Å². The molecule has 0 spiro atoms. The number of hydrogen-bond acceptors (Lipinski definition) is 2. The first-order valence-electron chi connectivity index (χ1n) is 6.24. The van der Waals surface area contributed by atoms with Crippen LogP contribution in [0.4, 0.5) is 9.18 Å². The van der Waals surface area contributed by atoms with Gasteiger partial charge in [-0.05, 0) is 51.3 Å². The van der Waals surface area contributed by atoms with Crippen LogP contribution in [0.1, 0.15) is 44.4 Å². The van der Waals surface area contributed by atoms with E-state index in [2.05, 4.69) is 5.32 Å². The van der Waals surface area contributed by atoms with Gasteiger partial charge in [-0.3, -0.25) is 0 Å². The molecule has 0 saturated carbocycles. The molecule has 1 amide bonds. The Morgan fingerprint density at radius 3 is 2.79 bits per heavy atom. The molecule has 2 rings (SSSR count). The first kappa shape index (κ1) is 14.1. The number of hydrogen-bond donors (Lipinski definition) is 1. The van der Waals surface area contributed by atoms with E-state index in [0.717, 1.165) is 5.56 Å². The molecule has 104 valence electrons. The van der Waals surface area contributed by atoms with Gasteiger partial charge in [-0.25, -0.2) is 9.18 Å². The number of ether oxygens (including phenoxy) is 1. The summed E-state index contributed by atoms with van der Waals surface area (Å²) in [6, 6.07) is 2.51. The van der Waals surface area contributed by atoms with E-state index in [0.29, 0.717) is 23.4 Å². The van der Waals surface area contributed by atoms with Crippen molar-refractivity contribution in [1.82, 2.24) is 5.32 Å². The zero-order chi connectivity index (χ0) is 14.2. The average molecular weight is 286 g/mol. The highest BCUT2D eigenvalue weighted by Crippen LogP contribution is 2.37. The minimum Gasteiger partial charge on any atom is -0.444 e. The molecular weight excluding hydrogens is 269 g/mol. The lowest BCUT2D eigenvalue weighted by atomic mass is 10.1. The molecule has 1 aliphatic carbocycles. The Morgan fingerprint density at radius 1 is 1.47 bits per heavy atom. The third-order valence-electron chi connectivity index (χ3n) is 2.97. The van der Waals surface area contributed by atoms with Gasteiger partial charge in [0.15, 0.2) is 0 Å². The molecule has 0 heterocycles. The number of carbonyl (C=O) groups excluding carboxylic acids is 1. The molecule has 1 atom stereocenters. The normalized spacial score (nSPS) is 18.1. The van der Waals surface area contributed by atoms with Gasteiger partial charge in [0, 0.05) is 10.6 Å². The third kappa shape index (κ3) is 3.18. The van der Waals surface area contributed by atoms with Gasteiger partial charge in [-0.15, -0.1) is 0 Å². The summed E-state index contributed by atoms with van der Waals surface area (Å²) in [6.45, 7) is 5.35. The fourth-order valence-corrected chi connectivity index (χ4v) is 2.53. The van der Waals surface area contributed by atoms with Crippen LogP contribution in [0.5, 0.6) is 0 Å². The number of rotatable bonds is 1. The Hall–Kier alpha value is -1.29. The molecule has 0 bridgehead atoms. The topological polar surface area (TPSA) is 38.3 Å². The molecule has 3 nitrogen and oxygen atoms in total. The number of amides is 1. The quantitative estimate of drug-likeness (QED) is 0.847. The molecule has 0 aromatic heterocycles. The van der Waals surface area contributed by atoms with Gasteiger partial charge in [0.25, 0.3) is 0 Å². The van der Waals surface area contributed by atoms with Gasteiger partial charge in [-0.1, -0.05) is 11.6 Å². The van der Waals surface area contributed by atoms with Crippen LogP contribution < -0.4 is 5.32 Å². The highest BCUT2D eigenvalue weighted by Gasteiger charge is 2.30. The summed E-state index contributed by atoms with van der Waals surface area (Å²) < 4.78 is 19.0. The lowest BCUT2D eigenvalue weighted by molar-refractivity contribution is 0.0503. The largest absolute Gasteiger partial charge is 0.444 e. The molecule has 19 heavy (non-hydrogen) atoms. The van der Waals surface area contributed by atoms with Crippen LogP contribution in [0.3, 0.4) is 0 Å². The Kier molecular flexibility index (Phi) is 3.72. The molecule has 0 radical (unpaired) electrons. The number of nitrogens with one attached hydrogen (secondary N) is 1. The Morgan fingerprint density at radius 2 is 2.16 bits per heavy atom. The van der Waals surface area contributed by atoms with Crippen molar-refractivity contribution < 1.29 is 13.9 Å². The Balaban J connectivity index is 2.15. The minimum absolute atomic E-state index is 0.335. The summed E-state index contributed by atoms with van der Waals surface area (Å²) in [5, 5.41) is 3.25. The zero-order valence-electron chi connectivity index (χ0n) is 11.2. The van der Waals surface area contributed by atoms with Crippen molar-refractivity contribution in [3.05, 3.63) is 34.1 Å². The summed E-state index contributed by atoms with van der Waals surface area (Å²) in [5.74, 6) is -0.335. The van der Waals surface area contributed by atoms with Crippen molar-refractivity contribution in [2.75, 3.05) is 0 Å². The SMILES string of the molecule is CC(C)(C)OC(=O)N[C@H]1CCc2c(Cl)ccc(F)c21. The zero-order valence-corrected chi connectivity index (χ0v) is 12.0. The lowest BCUT2D eigenvalue weighted by Crippen LogP contribution is -2.34. The molecule has 0 aliphatic heterocycles. The van der Waals surface area contributed by atoms with Crippen molar-refractivity contribution in [1.29, 1.82) is 0 Å². The van der Waals surface area contributed by atoms with Gasteiger partial charge < -0.3 is 10.1 Å². The van der Waals surface area contributed by atoms with Crippen molar-refractivity contribution in [2.24, 2.45) is 0 Å². The molecule has 1 aromatic rings. The van der Waals surface area contributed by atoms with Crippen molar-refractivity contribution in [3.8, 4) is 0 Å². The summed E-state index contributed by atoms with van der Waals surface area (Å²) in [7, 11) is 0. The number of carbonyl (C=O) groups is 1. The van der Waals surface area contributed by atoms with Crippen molar-refractivity contribution >= 4 is 17.7 Å². The lowest BCUT2D eigenvalue weighted by Gasteiger charge is -2.22. The molecule has 0 unspecified atom stereocenters. The standard InChI is InChI=1S/C14H17ClFNO2/c1-14(2,3)19-13(18)17-11-7-4-8-9(15)5-6-10(16)12(8)11/h5-6,11H,4,7H2,1-3H3,(H,17,18)/t11-/m0/s1. The minimum atomic E-state index is -0.571. The summed E-state index contributed by atoms with van der Waals surface area (Å²) >= 11 is 6.04. The van der Waals surface area contributed by atoms with E-state index in [1.54, 1.807) is 26.8 Å². The first-order chi connectivity index (χ1) is 8.78. The predicted octanol–water partition coefficient (Wildman–Crippen LogP) is 3.99. The number of alkyl carbamates (subject to hydrolysis) is 1. The van der Waals surface area contributed by atoms with Crippen LogP contribution in [0.15, 0.2) is 12.1 Å². The van der Waals surface area contributed by atoms with Crippen molar-refractivity contribution in [2.45, 2.75) is 45.3 Å². The summed E-state index contributed by atoms with van der Waals surface area (Å²) in [6.07, 6.45) is 0.756. The number of fused-ring (bicyclic) bond motifs is 1. The van der Waals surface area contributed by atoms with E-state index in [4.69, 9.17) is 16.3 Å². The van der Waals surface area contributed by atoms with Crippen LogP contribution in [0.25, 0.3) is 0 Å². The maximum absolute atomic E-state index is 13.9. The first-order valence-corrected chi connectivity index (χ1v) is 6.62. The van der Waals surface area contributed by atoms with Gasteiger partial charge in [0.1, 0.15) is 11.4 Å². The van der Waals surface area contributed by atoms with Gasteiger partial charge in [0.05, 0.1) is 6.04 Å². The van der Waals surface area contributed by atoms with Crippen molar-refractivity contribution in [3.63, 3.8) is 0 Å². The molecule has 0 saturated heterocycles.